The van der Waals surface area contributed by atoms with E-state index in [1.165, 1.54) is 11.3 Å². The van der Waals surface area contributed by atoms with Gasteiger partial charge in [-0.2, -0.15) is 0 Å². The van der Waals surface area contributed by atoms with Crippen molar-refractivity contribution in [1.29, 1.82) is 0 Å². The zero-order valence-corrected chi connectivity index (χ0v) is 21.7. The third-order valence-corrected chi connectivity index (χ3v) is 6.12. The van der Waals surface area contributed by atoms with E-state index in [-0.39, 0.29) is 12.5 Å². The number of pyridine rings is 1. The quantitative estimate of drug-likeness (QED) is 0.360. The van der Waals surface area contributed by atoms with Crippen molar-refractivity contribution in [3.63, 3.8) is 0 Å². The van der Waals surface area contributed by atoms with Crippen molar-refractivity contribution in [3.8, 4) is 0 Å². The predicted octanol–water partition coefficient (Wildman–Crippen LogP) is 4.63. The molecule has 0 bridgehead atoms. The van der Waals surface area contributed by atoms with Crippen LogP contribution in [0.4, 0.5) is 4.79 Å². The fourth-order valence-electron chi connectivity index (χ4n) is 3.54. The number of hydrogen-bond acceptors (Lipinski definition) is 7. The Morgan fingerprint density at radius 2 is 1.97 bits per heavy atom. The standard InChI is InChI=1S/C26H30N6O3S/c1-17-9-11-27-18(13-17)14-28-24(33)21-16-36-23(31-21)10-12-32(25(34)35-26(2,3)4)15-22-29-19-7-5-6-8-20(19)30-22/h5-9,11,13,16H,10,12,14-15H2,1-4H3,(H,28,33)(H,29,30). The molecule has 1 aromatic carbocycles. The van der Waals surface area contributed by atoms with E-state index in [2.05, 4.69) is 25.3 Å². The number of thiazole rings is 1. The van der Waals surface area contributed by atoms with Crippen molar-refractivity contribution in [1.82, 2.24) is 30.2 Å². The van der Waals surface area contributed by atoms with E-state index in [1.54, 1.807) is 16.5 Å². The average molecular weight is 507 g/mol. The van der Waals surface area contributed by atoms with Crippen LogP contribution in [0.1, 0.15) is 53.3 Å². The predicted molar refractivity (Wildman–Crippen MR) is 139 cm³/mol. The maximum Gasteiger partial charge on any atom is 0.410 e. The first kappa shape index (κ1) is 25.3. The van der Waals surface area contributed by atoms with Crippen LogP contribution in [-0.2, 0) is 24.2 Å². The lowest BCUT2D eigenvalue weighted by molar-refractivity contribution is 0.0231. The van der Waals surface area contributed by atoms with E-state index in [9.17, 15) is 9.59 Å². The number of benzene rings is 1. The maximum absolute atomic E-state index is 12.9. The third kappa shape index (κ3) is 6.88. The van der Waals surface area contributed by atoms with E-state index in [0.717, 1.165) is 27.3 Å². The smallest absolute Gasteiger partial charge is 0.410 e. The molecule has 0 aliphatic carbocycles. The Hall–Kier alpha value is -3.79. The summed E-state index contributed by atoms with van der Waals surface area (Å²) in [6, 6.07) is 11.6. The minimum atomic E-state index is -0.623. The van der Waals surface area contributed by atoms with Crippen LogP contribution in [0.2, 0.25) is 0 Å². The fraction of sp³-hybridized carbons (Fsp3) is 0.346. The summed E-state index contributed by atoms with van der Waals surface area (Å²) in [5, 5.41) is 5.34. The van der Waals surface area contributed by atoms with Gasteiger partial charge < -0.3 is 19.9 Å². The molecule has 2 N–H and O–H groups in total. The summed E-state index contributed by atoms with van der Waals surface area (Å²) in [7, 11) is 0. The molecule has 0 saturated heterocycles. The molecule has 188 valence electrons. The summed E-state index contributed by atoms with van der Waals surface area (Å²) in [5.74, 6) is 0.415. The summed E-state index contributed by atoms with van der Waals surface area (Å²) < 4.78 is 5.62. The Labute approximate surface area is 213 Å². The van der Waals surface area contributed by atoms with E-state index in [4.69, 9.17) is 4.74 Å². The lowest BCUT2D eigenvalue weighted by Crippen LogP contribution is -2.38. The van der Waals surface area contributed by atoms with Gasteiger partial charge in [-0.1, -0.05) is 12.1 Å². The zero-order valence-electron chi connectivity index (χ0n) is 20.9. The SMILES string of the molecule is Cc1ccnc(CNC(=O)c2csc(CCN(Cc3nc4ccccc4[nH]3)C(=O)OC(C)(C)C)n2)c1. The summed E-state index contributed by atoms with van der Waals surface area (Å²) in [6.45, 7) is 8.46. The van der Waals surface area contributed by atoms with Gasteiger partial charge >= 0.3 is 6.09 Å². The molecule has 9 nitrogen and oxygen atoms in total. The lowest BCUT2D eigenvalue weighted by Gasteiger charge is -2.26. The molecule has 4 aromatic rings. The van der Waals surface area contributed by atoms with Gasteiger partial charge in [0.25, 0.3) is 5.91 Å². The Morgan fingerprint density at radius 1 is 1.17 bits per heavy atom. The number of imidazole rings is 1. The highest BCUT2D eigenvalue weighted by Gasteiger charge is 2.24. The molecule has 0 saturated carbocycles. The number of H-pyrrole nitrogens is 1. The molecule has 0 fully saturated rings. The van der Waals surface area contributed by atoms with E-state index >= 15 is 0 Å². The molecule has 0 radical (unpaired) electrons. The first-order valence-electron chi connectivity index (χ1n) is 11.7. The van der Waals surface area contributed by atoms with Crippen molar-refractivity contribution >= 4 is 34.4 Å². The number of carbonyl (C=O) groups is 2. The second-order valence-corrected chi connectivity index (χ2v) is 10.4. The molecule has 0 atom stereocenters. The Balaban J connectivity index is 1.39. The third-order valence-electron chi connectivity index (χ3n) is 5.21. The lowest BCUT2D eigenvalue weighted by atomic mass is 10.2. The Kier molecular flexibility index (Phi) is 7.64. The number of ether oxygens (including phenoxy) is 1. The van der Waals surface area contributed by atoms with Gasteiger partial charge in [-0.25, -0.2) is 14.8 Å². The molecule has 0 aliphatic heterocycles. The minimum absolute atomic E-state index is 0.257. The number of rotatable bonds is 8. The van der Waals surface area contributed by atoms with Crippen LogP contribution in [0, 0.1) is 6.92 Å². The van der Waals surface area contributed by atoms with Crippen LogP contribution < -0.4 is 5.32 Å². The van der Waals surface area contributed by atoms with Crippen molar-refractivity contribution in [2.24, 2.45) is 0 Å². The van der Waals surface area contributed by atoms with Crippen LogP contribution in [0.25, 0.3) is 11.0 Å². The zero-order chi connectivity index (χ0) is 25.7. The molecule has 3 aromatic heterocycles. The highest BCUT2D eigenvalue weighted by molar-refractivity contribution is 7.09. The molecule has 0 unspecified atom stereocenters. The number of nitrogens with one attached hydrogen (secondary N) is 2. The molecular weight excluding hydrogens is 476 g/mol. The molecule has 10 heteroatoms. The van der Waals surface area contributed by atoms with Gasteiger partial charge in [0.05, 0.1) is 34.8 Å². The molecule has 0 aliphatic rings. The van der Waals surface area contributed by atoms with Crippen molar-refractivity contribution in [2.75, 3.05) is 6.54 Å². The number of fused-ring (bicyclic) bond motifs is 1. The normalized spacial score (nSPS) is 11.4. The fourth-order valence-corrected chi connectivity index (χ4v) is 4.31. The van der Waals surface area contributed by atoms with Crippen molar-refractivity contribution in [3.05, 3.63) is 75.8 Å². The van der Waals surface area contributed by atoms with Gasteiger partial charge in [-0.15, -0.1) is 11.3 Å². The second kappa shape index (κ2) is 10.9. The van der Waals surface area contributed by atoms with Crippen LogP contribution in [0.3, 0.4) is 0 Å². The van der Waals surface area contributed by atoms with E-state index in [1.807, 2.05) is 64.1 Å². The minimum Gasteiger partial charge on any atom is -0.444 e. The highest BCUT2D eigenvalue weighted by Crippen LogP contribution is 2.17. The van der Waals surface area contributed by atoms with Gasteiger partial charge in [-0.3, -0.25) is 9.78 Å². The first-order valence-corrected chi connectivity index (χ1v) is 12.6. The maximum atomic E-state index is 12.9. The number of para-hydroxylation sites is 2. The topological polar surface area (TPSA) is 113 Å². The summed E-state index contributed by atoms with van der Waals surface area (Å²) in [6.07, 6.45) is 1.78. The number of hydrogen-bond donors (Lipinski definition) is 2. The molecule has 2 amide bonds. The number of amides is 2. The van der Waals surface area contributed by atoms with Crippen LogP contribution >= 0.6 is 11.3 Å². The first-order chi connectivity index (χ1) is 17.2. The second-order valence-electron chi connectivity index (χ2n) is 9.49. The van der Waals surface area contributed by atoms with Crippen molar-refractivity contribution < 1.29 is 14.3 Å². The summed E-state index contributed by atoms with van der Waals surface area (Å²) >= 11 is 1.39. The van der Waals surface area contributed by atoms with Gasteiger partial charge in [0.2, 0.25) is 0 Å². The van der Waals surface area contributed by atoms with Crippen LogP contribution in [0.15, 0.2) is 48.0 Å². The molecule has 3 heterocycles. The Morgan fingerprint density at radius 3 is 2.72 bits per heavy atom. The number of aromatic nitrogens is 4. The largest absolute Gasteiger partial charge is 0.444 e. The molecule has 4 rings (SSSR count). The Bertz CT molecular complexity index is 1320. The number of nitrogens with zero attached hydrogens (tertiary/aromatic N) is 4. The van der Waals surface area contributed by atoms with Gasteiger partial charge in [0.1, 0.15) is 17.1 Å². The average Bonchev–Trinajstić information content (AvgIpc) is 3.45. The van der Waals surface area contributed by atoms with Crippen LogP contribution in [-0.4, -0.2) is 49.0 Å². The van der Waals surface area contributed by atoms with Crippen LogP contribution in [0.5, 0.6) is 0 Å². The molecule has 0 spiro atoms. The van der Waals surface area contributed by atoms with Crippen molar-refractivity contribution in [2.45, 2.75) is 52.8 Å². The number of aryl methyl sites for hydroxylation is 1. The molecular formula is C26H30N6O3S. The molecule has 36 heavy (non-hydrogen) atoms. The van der Waals surface area contributed by atoms with Gasteiger partial charge in [0, 0.05) is 24.5 Å². The number of aromatic amines is 1. The summed E-state index contributed by atoms with van der Waals surface area (Å²) in [4.78, 5) is 43.7. The van der Waals surface area contributed by atoms with Gasteiger partial charge in [-0.05, 0) is 57.5 Å². The summed E-state index contributed by atoms with van der Waals surface area (Å²) in [5.41, 5.74) is 3.35. The van der Waals surface area contributed by atoms with E-state index < -0.39 is 11.7 Å². The van der Waals surface area contributed by atoms with E-state index in [0.29, 0.717) is 31.0 Å². The monoisotopic (exact) mass is 506 g/mol. The highest BCUT2D eigenvalue weighted by atomic mass is 32.1. The number of carbonyl (C=O) groups excluding carboxylic acids is 2. The van der Waals surface area contributed by atoms with Gasteiger partial charge in [0.15, 0.2) is 0 Å².